The maximum absolute atomic E-state index is 14.1. The van der Waals surface area contributed by atoms with E-state index in [0.717, 1.165) is 0 Å². The molecule has 1 atom stereocenters. The predicted octanol–water partition coefficient (Wildman–Crippen LogP) is 5.19. The molecule has 2 heterocycles. The van der Waals surface area contributed by atoms with Gasteiger partial charge >= 0.3 is 0 Å². The Morgan fingerprint density at radius 1 is 1.14 bits per heavy atom. The summed E-state index contributed by atoms with van der Waals surface area (Å²) in [5, 5.41) is 16.9. The molecule has 0 saturated heterocycles. The van der Waals surface area contributed by atoms with Crippen LogP contribution in [-0.4, -0.2) is 33.1 Å². The highest BCUT2D eigenvalue weighted by Gasteiger charge is 2.48. The molecular formula is C26H20ClF2N5O3. The van der Waals surface area contributed by atoms with Crippen molar-refractivity contribution < 1.29 is 23.5 Å². The van der Waals surface area contributed by atoms with Gasteiger partial charge in [-0.3, -0.25) is 4.79 Å². The molecule has 5 rings (SSSR count). The number of aryl methyl sites for hydroxylation is 1. The third-order valence-electron chi connectivity index (χ3n) is 5.80. The Labute approximate surface area is 215 Å². The number of nitrogens with one attached hydrogen (secondary N) is 2. The summed E-state index contributed by atoms with van der Waals surface area (Å²) in [6.45, 7) is 1.76. The van der Waals surface area contributed by atoms with E-state index in [2.05, 4.69) is 20.9 Å². The van der Waals surface area contributed by atoms with Crippen molar-refractivity contribution in [3.63, 3.8) is 0 Å². The molecule has 37 heavy (non-hydrogen) atoms. The van der Waals surface area contributed by atoms with Crippen LogP contribution in [0.5, 0.6) is 5.75 Å². The largest absolute Gasteiger partial charge is 0.508 e. The molecule has 3 N–H and O–H groups in total. The molecule has 1 aromatic heterocycles. The zero-order chi connectivity index (χ0) is 26.2. The van der Waals surface area contributed by atoms with E-state index in [1.54, 1.807) is 54.2 Å². The van der Waals surface area contributed by atoms with E-state index < -0.39 is 12.2 Å². The van der Waals surface area contributed by atoms with Crippen molar-refractivity contribution in [3.8, 4) is 11.4 Å². The zero-order valence-electron chi connectivity index (χ0n) is 19.3. The number of aromatic hydroxyl groups is 1. The van der Waals surface area contributed by atoms with Gasteiger partial charge in [0.25, 0.3) is 18.1 Å². The number of benzene rings is 3. The monoisotopic (exact) mass is 523 g/mol. The van der Waals surface area contributed by atoms with Crippen LogP contribution in [-0.2, 0) is 10.6 Å². The summed E-state index contributed by atoms with van der Waals surface area (Å²) in [7, 11) is 0. The topological polar surface area (TPSA) is 101 Å². The molecule has 0 radical (unpaired) electrons. The smallest absolute Gasteiger partial charge is 0.294 e. The van der Waals surface area contributed by atoms with Gasteiger partial charge in [0, 0.05) is 21.7 Å². The van der Waals surface area contributed by atoms with Gasteiger partial charge in [0.2, 0.25) is 0 Å². The van der Waals surface area contributed by atoms with Crippen LogP contribution < -0.4 is 10.8 Å². The van der Waals surface area contributed by atoms with Crippen molar-refractivity contribution in [1.82, 2.24) is 15.3 Å². The number of nitrogens with zero attached hydrogens (tertiary/aromatic N) is 3. The summed E-state index contributed by atoms with van der Waals surface area (Å²) in [6, 6.07) is 18.8. The van der Waals surface area contributed by atoms with Gasteiger partial charge in [0.15, 0.2) is 5.84 Å². The second kappa shape index (κ2) is 9.64. The summed E-state index contributed by atoms with van der Waals surface area (Å²) in [5.74, 6) is -0.130. The van der Waals surface area contributed by atoms with Crippen molar-refractivity contribution in [2.24, 2.45) is 4.99 Å². The van der Waals surface area contributed by atoms with Gasteiger partial charge in [0.1, 0.15) is 5.75 Å². The summed E-state index contributed by atoms with van der Waals surface area (Å²) in [6.07, 6.45) is -1.28. The molecule has 1 aliphatic rings. The van der Waals surface area contributed by atoms with E-state index in [1.165, 1.54) is 36.4 Å². The van der Waals surface area contributed by atoms with E-state index in [0.29, 0.717) is 33.2 Å². The number of aliphatic imine (C=N–C) groups is 1. The van der Waals surface area contributed by atoms with Crippen molar-refractivity contribution in [3.05, 3.63) is 106 Å². The van der Waals surface area contributed by atoms with Crippen LogP contribution in [0.4, 0.5) is 14.5 Å². The molecule has 4 aromatic rings. The van der Waals surface area contributed by atoms with Gasteiger partial charge in [-0.2, -0.15) is 5.10 Å². The minimum absolute atomic E-state index is 0.0682. The highest BCUT2D eigenvalue weighted by molar-refractivity contribution is 6.30. The molecule has 3 aromatic carbocycles. The van der Waals surface area contributed by atoms with E-state index in [4.69, 9.17) is 16.4 Å². The molecule has 0 saturated carbocycles. The number of amidine groups is 1. The number of carbonyl (C=O) groups is 1. The Balaban J connectivity index is 1.36. The fourth-order valence-corrected chi connectivity index (χ4v) is 4.00. The maximum Gasteiger partial charge on any atom is 0.294 e. The predicted molar refractivity (Wildman–Crippen MR) is 134 cm³/mol. The third kappa shape index (κ3) is 4.76. The van der Waals surface area contributed by atoms with Crippen LogP contribution >= 0.6 is 11.6 Å². The van der Waals surface area contributed by atoms with Gasteiger partial charge in [-0.25, -0.2) is 28.8 Å². The number of alkyl halides is 2. The molecule has 1 amide bonds. The third-order valence-corrected chi connectivity index (χ3v) is 6.03. The summed E-state index contributed by atoms with van der Waals surface area (Å²) in [5.41, 5.74) is 3.12. The molecule has 0 spiro atoms. The molecular weight excluding hydrogens is 504 g/mol. The first-order valence-electron chi connectivity index (χ1n) is 11.1. The molecule has 8 nitrogen and oxygen atoms in total. The normalized spacial score (nSPS) is 16.9. The van der Waals surface area contributed by atoms with Crippen LogP contribution in [0.2, 0.25) is 5.02 Å². The van der Waals surface area contributed by atoms with Gasteiger partial charge < -0.3 is 10.4 Å². The maximum atomic E-state index is 14.1. The first kappa shape index (κ1) is 24.4. The fraction of sp³-hybridized carbons (Fsp3) is 0.115. The number of halogens is 3. The average molecular weight is 524 g/mol. The first-order valence-corrected chi connectivity index (χ1v) is 11.5. The molecule has 0 bridgehead atoms. The number of rotatable bonds is 6. The fourth-order valence-electron chi connectivity index (χ4n) is 3.81. The number of hydrogen-bond acceptors (Lipinski definition) is 6. The van der Waals surface area contributed by atoms with E-state index in [1.807, 2.05) is 0 Å². The number of aromatic nitrogens is 2. The number of amides is 1. The molecule has 188 valence electrons. The number of anilines is 1. The Morgan fingerprint density at radius 2 is 1.86 bits per heavy atom. The zero-order valence-corrected chi connectivity index (χ0v) is 20.1. The van der Waals surface area contributed by atoms with Gasteiger partial charge in [-0.15, -0.1) is 0 Å². The van der Waals surface area contributed by atoms with Crippen LogP contribution in [0.15, 0.2) is 84.0 Å². The van der Waals surface area contributed by atoms with Crippen molar-refractivity contribution in [1.29, 1.82) is 0 Å². The Kier molecular flexibility index (Phi) is 6.36. The first-order chi connectivity index (χ1) is 17.7. The van der Waals surface area contributed by atoms with Crippen molar-refractivity contribution in [2.45, 2.75) is 19.1 Å². The van der Waals surface area contributed by atoms with Crippen molar-refractivity contribution >= 4 is 29.0 Å². The number of phenolic OH excluding ortho intramolecular Hbond substituents is 1. The number of phenols is 1. The quantitative estimate of drug-likeness (QED) is 0.323. The standard InChI is InChI=1S/C26H20ClF2N5O3/c1-15-22(30-24(36)17-7-11-21(35)12-8-17)14-34(32-15)20-9-5-16(6-10-20)23-31-26(25(28)29,37-33-23)18-3-2-4-19(27)13-18/h2-14,25,35H,1H3,(H,30,36)(H,31,33). The van der Waals surface area contributed by atoms with Crippen LogP contribution in [0.1, 0.15) is 27.2 Å². The lowest BCUT2D eigenvalue weighted by Gasteiger charge is -2.23. The van der Waals surface area contributed by atoms with E-state index >= 15 is 0 Å². The Hall–Kier alpha value is -4.28. The van der Waals surface area contributed by atoms with Gasteiger partial charge in [0.05, 0.1) is 23.3 Å². The lowest BCUT2D eigenvalue weighted by Crippen LogP contribution is -2.35. The van der Waals surface area contributed by atoms with Gasteiger partial charge in [-0.05, 0) is 67.6 Å². The molecule has 1 aliphatic heterocycles. The minimum atomic E-state index is -2.95. The number of hydroxylamine groups is 1. The molecule has 11 heteroatoms. The van der Waals surface area contributed by atoms with E-state index in [-0.39, 0.29) is 23.1 Å². The molecule has 0 fully saturated rings. The summed E-state index contributed by atoms with van der Waals surface area (Å²) in [4.78, 5) is 22.0. The van der Waals surface area contributed by atoms with Crippen molar-refractivity contribution in [2.75, 3.05) is 5.32 Å². The number of carbonyl (C=O) groups excluding carboxylic acids is 1. The van der Waals surface area contributed by atoms with Gasteiger partial charge in [-0.1, -0.05) is 23.7 Å². The SMILES string of the molecule is Cc1nn(-c2ccc(C3=NC(c4cccc(Cl)c4)(C(F)F)ON3)cc2)cc1NC(=O)c1ccc(O)cc1. The Morgan fingerprint density at radius 3 is 2.54 bits per heavy atom. The minimum Gasteiger partial charge on any atom is -0.508 e. The summed E-state index contributed by atoms with van der Waals surface area (Å²) < 4.78 is 29.7. The molecule has 1 unspecified atom stereocenters. The summed E-state index contributed by atoms with van der Waals surface area (Å²) >= 11 is 5.99. The lowest BCUT2D eigenvalue weighted by molar-refractivity contribution is -0.150. The number of hydrogen-bond donors (Lipinski definition) is 3. The Bertz CT molecular complexity index is 1490. The highest BCUT2D eigenvalue weighted by atomic mass is 35.5. The lowest BCUT2D eigenvalue weighted by atomic mass is 10.0. The van der Waals surface area contributed by atoms with E-state index in [9.17, 15) is 18.7 Å². The highest BCUT2D eigenvalue weighted by Crippen LogP contribution is 2.38. The van der Waals surface area contributed by atoms with Crippen LogP contribution in [0, 0.1) is 6.92 Å². The van der Waals surface area contributed by atoms with Crippen LogP contribution in [0.3, 0.4) is 0 Å². The second-order valence-electron chi connectivity index (χ2n) is 8.29. The second-order valence-corrected chi connectivity index (χ2v) is 8.73. The molecule has 0 aliphatic carbocycles. The van der Waals surface area contributed by atoms with Crippen LogP contribution in [0.25, 0.3) is 5.69 Å². The average Bonchev–Trinajstić information content (AvgIpc) is 3.50.